The van der Waals surface area contributed by atoms with Crippen LogP contribution in [0.1, 0.15) is 26.7 Å². The molecule has 0 aliphatic heterocycles. The molecule has 0 saturated heterocycles. The summed E-state index contributed by atoms with van der Waals surface area (Å²) < 4.78 is 1.04. The molecule has 1 N–H and O–H groups in total. The van der Waals surface area contributed by atoms with Gasteiger partial charge in [0.1, 0.15) is 5.76 Å². The second-order valence-electron chi connectivity index (χ2n) is 4.67. The largest absolute Gasteiger partial charge is 0.511 e. The first kappa shape index (κ1) is 10.0. The van der Waals surface area contributed by atoms with Crippen LogP contribution in [0.5, 0.6) is 0 Å². The molecule has 2 aliphatic carbocycles. The van der Waals surface area contributed by atoms with Crippen LogP contribution in [0.15, 0.2) is 10.2 Å². The Hall–Kier alpha value is 0.500. The molecule has 2 aliphatic rings. The monoisotopic (exact) mass is 308 g/mol. The van der Waals surface area contributed by atoms with E-state index in [0.29, 0.717) is 11.7 Å². The van der Waals surface area contributed by atoms with E-state index >= 15 is 0 Å². The van der Waals surface area contributed by atoms with Crippen LogP contribution in [0.4, 0.5) is 0 Å². The van der Waals surface area contributed by atoms with Crippen LogP contribution >= 0.6 is 31.9 Å². The van der Waals surface area contributed by atoms with Gasteiger partial charge in [0.15, 0.2) is 0 Å². The Bertz CT molecular complexity index is 287. The number of allylic oxidation sites excluding steroid dienone is 2. The third kappa shape index (κ3) is 0.930. The first-order valence-electron chi connectivity index (χ1n) is 4.62. The normalized spacial score (nSPS) is 49.1. The number of rotatable bonds is 1. The average molecular weight is 310 g/mol. The first-order valence-corrected chi connectivity index (χ1v) is 6.54. The molecule has 0 aromatic rings. The predicted octanol–water partition coefficient (Wildman–Crippen LogP) is 3.98. The third-order valence-corrected chi connectivity index (χ3v) is 6.39. The van der Waals surface area contributed by atoms with Crippen LogP contribution in [0.25, 0.3) is 0 Å². The maximum Gasteiger partial charge on any atom is 0.109 e. The van der Waals surface area contributed by atoms with Gasteiger partial charge in [-0.05, 0) is 18.3 Å². The molecule has 74 valence electrons. The molecule has 3 heteroatoms. The Morgan fingerprint density at radius 2 is 2.15 bits per heavy atom. The number of aliphatic hydroxyl groups is 1. The predicted molar refractivity (Wildman–Crippen MR) is 61.3 cm³/mol. The fourth-order valence-electron chi connectivity index (χ4n) is 2.89. The quantitative estimate of drug-likeness (QED) is 0.726. The summed E-state index contributed by atoms with van der Waals surface area (Å²) in [7, 11) is 0. The molecule has 1 saturated carbocycles. The van der Waals surface area contributed by atoms with E-state index in [9.17, 15) is 5.11 Å². The van der Waals surface area contributed by atoms with Crippen molar-refractivity contribution in [2.75, 3.05) is 5.33 Å². The summed E-state index contributed by atoms with van der Waals surface area (Å²) in [5.74, 6) is 1.10. The summed E-state index contributed by atoms with van der Waals surface area (Å²) in [6.07, 6.45) is 2.31. The minimum absolute atomic E-state index is 0.0139. The number of fused-ring (bicyclic) bond motifs is 2. The molecule has 3 atom stereocenters. The summed E-state index contributed by atoms with van der Waals surface area (Å²) in [5, 5.41) is 11.0. The van der Waals surface area contributed by atoms with Gasteiger partial charge in [-0.15, -0.1) is 0 Å². The third-order valence-electron chi connectivity index (χ3n) is 4.30. The van der Waals surface area contributed by atoms with E-state index in [1.807, 2.05) is 0 Å². The summed E-state index contributed by atoms with van der Waals surface area (Å²) in [6, 6.07) is 0. The Labute approximate surface area is 95.9 Å². The van der Waals surface area contributed by atoms with Gasteiger partial charge < -0.3 is 5.11 Å². The van der Waals surface area contributed by atoms with E-state index in [0.717, 1.165) is 16.2 Å². The standard InChI is InChI=1S/C10H14Br2O/c1-9-4-3-6(7(12)8(9)13)10(9,2)5-11/h6,13H,3-5H2,1-2H3/t6-,9+,10-/m1/s1. The van der Waals surface area contributed by atoms with Crippen molar-refractivity contribution in [1.82, 2.24) is 0 Å². The number of hydrogen-bond donors (Lipinski definition) is 1. The van der Waals surface area contributed by atoms with Crippen molar-refractivity contribution in [2.45, 2.75) is 26.7 Å². The van der Waals surface area contributed by atoms with Gasteiger partial charge in [0, 0.05) is 21.1 Å². The molecule has 0 heterocycles. The SMILES string of the molecule is C[C@]12CC[C@H](C(Br)=C1O)[C@@]2(C)CBr. The van der Waals surface area contributed by atoms with Crippen LogP contribution in [0, 0.1) is 16.7 Å². The van der Waals surface area contributed by atoms with E-state index in [4.69, 9.17) is 0 Å². The average Bonchev–Trinajstić information content (AvgIpc) is 2.44. The van der Waals surface area contributed by atoms with Gasteiger partial charge in [-0.25, -0.2) is 0 Å². The van der Waals surface area contributed by atoms with Crippen LogP contribution < -0.4 is 0 Å². The van der Waals surface area contributed by atoms with Gasteiger partial charge in [-0.1, -0.05) is 45.7 Å². The van der Waals surface area contributed by atoms with E-state index in [1.54, 1.807) is 0 Å². The molecular weight excluding hydrogens is 296 g/mol. The van der Waals surface area contributed by atoms with Crippen molar-refractivity contribution < 1.29 is 5.11 Å². The highest BCUT2D eigenvalue weighted by Crippen LogP contribution is 2.68. The fraction of sp³-hybridized carbons (Fsp3) is 0.800. The number of aliphatic hydroxyl groups excluding tert-OH is 1. The van der Waals surface area contributed by atoms with E-state index in [1.165, 1.54) is 6.42 Å². The molecule has 1 nitrogen and oxygen atoms in total. The number of hydrogen-bond acceptors (Lipinski definition) is 1. The van der Waals surface area contributed by atoms with Gasteiger partial charge in [0.05, 0.1) is 0 Å². The zero-order valence-corrected chi connectivity index (χ0v) is 11.1. The Morgan fingerprint density at radius 1 is 1.54 bits per heavy atom. The van der Waals surface area contributed by atoms with Gasteiger partial charge in [0.25, 0.3) is 0 Å². The van der Waals surface area contributed by atoms with Gasteiger partial charge in [-0.2, -0.15) is 0 Å². The van der Waals surface area contributed by atoms with Gasteiger partial charge >= 0.3 is 0 Å². The molecule has 2 rings (SSSR count). The number of halogens is 2. The van der Waals surface area contributed by atoms with Crippen molar-refractivity contribution in [1.29, 1.82) is 0 Å². The van der Waals surface area contributed by atoms with Crippen LogP contribution in [-0.2, 0) is 0 Å². The topological polar surface area (TPSA) is 20.2 Å². The molecule has 0 aromatic heterocycles. The summed E-state index contributed by atoms with van der Waals surface area (Å²) in [4.78, 5) is 0. The lowest BCUT2D eigenvalue weighted by atomic mass is 9.70. The van der Waals surface area contributed by atoms with Crippen molar-refractivity contribution in [2.24, 2.45) is 16.7 Å². The maximum atomic E-state index is 10.0. The van der Waals surface area contributed by atoms with Crippen molar-refractivity contribution >= 4 is 31.9 Å². The van der Waals surface area contributed by atoms with E-state index < -0.39 is 0 Å². The van der Waals surface area contributed by atoms with Crippen molar-refractivity contribution in [3.63, 3.8) is 0 Å². The van der Waals surface area contributed by atoms with Crippen LogP contribution in [0.3, 0.4) is 0 Å². The lowest BCUT2D eigenvalue weighted by molar-refractivity contribution is 0.129. The lowest BCUT2D eigenvalue weighted by Gasteiger charge is -2.36. The van der Waals surface area contributed by atoms with Crippen molar-refractivity contribution in [3.8, 4) is 0 Å². The number of alkyl halides is 1. The van der Waals surface area contributed by atoms with Gasteiger partial charge in [-0.3, -0.25) is 0 Å². The molecule has 2 bridgehead atoms. The molecular formula is C10H14Br2O. The molecule has 0 unspecified atom stereocenters. The smallest absolute Gasteiger partial charge is 0.109 e. The zero-order valence-electron chi connectivity index (χ0n) is 7.90. The highest BCUT2D eigenvalue weighted by atomic mass is 79.9. The molecule has 1 fully saturated rings. The first-order chi connectivity index (χ1) is 5.97. The minimum atomic E-state index is -0.0139. The van der Waals surface area contributed by atoms with E-state index in [2.05, 4.69) is 45.7 Å². The fourth-order valence-corrected chi connectivity index (χ4v) is 5.07. The lowest BCUT2D eigenvalue weighted by Crippen LogP contribution is -2.34. The maximum absolute atomic E-state index is 10.0. The summed E-state index contributed by atoms with van der Waals surface area (Å²) in [5.41, 5.74) is 0.177. The molecule has 13 heavy (non-hydrogen) atoms. The second kappa shape index (κ2) is 2.75. The highest BCUT2D eigenvalue weighted by Gasteiger charge is 2.62. The minimum Gasteiger partial charge on any atom is -0.511 e. The molecule has 0 amide bonds. The molecule has 0 spiro atoms. The zero-order chi connectivity index (χ0) is 9.85. The second-order valence-corrected chi connectivity index (χ2v) is 6.09. The van der Waals surface area contributed by atoms with E-state index in [-0.39, 0.29) is 10.8 Å². The summed E-state index contributed by atoms with van der Waals surface area (Å²) >= 11 is 7.11. The summed E-state index contributed by atoms with van der Waals surface area (Å²) in [6.45, 7) is 4.45. The molecule has 0 aromatic carbocycles. The molecule has 0 radical (unpaired) electrons. The van der Waals surface area contributed by atoms with Crippen LogP contribution in [0.2, 0.25) is 0 Å². The van der Waals surface area contributed by atoms with Crippen LogP contribution in [-0.4, -0.2) is 10.4 Å². The Kier molecular flexibility index (Phi) is 2.13. The van der Waals surface area contributed by atoms with Crippen molar-refractivity contribution in [3.05, 3.63) is 10.2 Å². The Morgan fingerprint density at radius 3 is 2.46 bits per heavy atom. The van der Waals surface area contributed by atoms with Gasteiger partial charge in [0.2, 0.25) is 0 Å². The Balaban J connectivity index is 2.53. The highest BCUT2D eigenvalue weighted by molar-refractivity contribution is 9.11.